The van der Waals surface area contributed by atoms with Crippen LogP contribution in [0.15, 0.2) is 67.1 Å². The van der Waals surface area contributed by atoms with E-state index in [0.717, 1.165) is 82.3 Å². The molecule has 0 aliphatic carbocycles. The number of hydrogen-bond donors (Lipinski definition) is 3. The molecule has 4 heterocycles. The van der Waals surface area contributed by atoms with Crippen molar-refractivity contribution in [3.8, 4) is 33.8 Å². The van der Waals surface area contributed by atoms with Gasteiger partial charge >= 0.3 is 0 Å². The van der Waals surface area contributed by atoms with E-state index in [1.165, 1.54) is 0 Å². The molecule has 6 rings (SSSR count). The zero-order chi connectivity index (χ0) is 28.3. The van der Waals surface area contributed by atoms with Crippen molar-refractivity contribution in [3.63, 3.8) is 0 Å². The maximum absolute atomic E-state index is 14.7. The number of hydrogen-bond acceptors (Lipinski definition) is 6. The summed E-state index contributed by atoms with van der Waals surface area (Å²) >= 11 is 0. The molecule has 3 N–H and O–H groups in total. The third-order valence-electron chi connectivity index (χ3n) is 7.23. The predicted octanol–water partition coefficient (Wildman–Crippen LogP) is 5.97. The molecule has 0 aliphatic rings. The van der Waals surface area contributed by atoms with Gasteiger partial charge in [-0.15, -0.1) is 0 Å². The van der Waals surface area contributed by atoms with Crippen LogP contribution in [0.5, 0.6) is 0 Å². The smallest absolute Gasteiger partial charge is 0.178 e. The number of halogens is 1. The van der Waals surface area contributed by atoms with Gasteiger partial charge in [0.2, 0.25) is 0 Å². The summed E-state index contributed by atoms with van der Waals surface area (Å²) in [6, 6.07) is 15.5. The Kier molecular flexibility index (Phi) is 7.54. The van der Waals surface area contributed by atoms with Crippen molar-refractivity contribution in [2.45, 2.75) is 26.3 Å². The molecule has 6 aromatic rings. The molecule has 4 aromatic heterocycles. The Morgan fingerprint density at radius 1 is 0.951 bits per heavy atom. The Hall–Kier alpha value is -4.47. The van der Waals surface area contributed by atoms with Crippen LogP contribution in [-0.2, 0) is 13.0 Å². The number of H-pyrrole nitrogens is 2. The maximum atomic E-state index is 14.7. The highest BCUT2D eigenvalue weighted by molar-refractivity contribution is 5.97. The van der Waals surface area contributed by atoms with Gasteiger partial charge in [-0.1, -0.05) is 19.1 Å². The van der Waals surface area contributed by atoms with E-state index < -0.39 is 0 Å². The number of aromatic amines is 2. The Labute approximate surface area is 238 Å². The van der Waals surface area contributed by atoms with E-state index in [9.17, 15) is 4.39 Å². The normalized spacial score (nSPS) is 11.7. The van der Waals surface area contributed by atoms with Crippen molar-refractivity contribution < 1.29 is 4.39 Å². The van der Waals surface area contributed by atoms with E-state index in [1.54, 1.807) is 18.3 Å². The first-order chi connectivity index (χ1) is 20.0. The minimum absolute atomic E-state index is 0.248. The zero-order valence-corrected chi connectivity index (χ0v) is 23.5. The molecule has 0 fully saturated rings. The molecule has 0 unspecified atom stereocenters. The van der Waals surface area contributed by atoms with Crippen LogP contribution in [0.2, 0.25) is 0 Å². The summed E-state index contributed by atoms with van der Waals surface area (Å²) < 4.78 is 14.7. The van der Waals surface area contributed by atoms with Gasteiger partial charge < -0.3 is 15.2 Å². The first kappa shape index (κ1) is 26.7. The molecule has 0 bridgehead atoms. The molecule has 0 amide bonds. The number of rotatable bonds is 10. The van der Waals surface area contributed by atoms with E-state index in [1.807, 2.05) is 38.6 Å². The molecule has 0 aliphatic heterocycles. The molecule has 8 nitrogen and oxygen atoms in total. The first-order valence-electron chi connectivity index (χ1n) is 13.9. The summed E-state index contributed by atoms with van der Waals surface area (Å²) in [5, 5.41) is 12.0. The van der Waals surface area contributed by atoms with Gasteiger partial charge in [0.1, 0.15) is 11.5 Å². The summed E-state index contributed by atoms with van der Waals surface area (Å²) in [5.74, 6) is 0.354. The number of pyridine rings is 2. The van der Waals surface area contributed by atoms with Crippen molar-refractivity contribution in [2.24, 2.45) is 0 Å². The molecule has 0 spiro atoms. The highest BCUT2D eigenvalue weighted by atomic mass is 19.1. The maximum Gasteiger partial charge on any atom is 0.178 e. The van der Waals surface area contributed by atoms with Crippen molar-refractivity contribution in [1.82, 2.24) is 40.3 Å². The average Bonchev–Trinajstić information content (AvgIpc) is 3.59. The Bertz CT molecular complexity index is 1820. The van der Waals surface area contributed by atoms with E-state index >= 15 is 0 Å². The lowest BCUT2D eigenvalue weighted by atomic mass is 10.0. The lowest BCUT2D eigenvalue weighted by Crippen LogP contribution is -2.13. The van der Waals surface area contributed by atoms with E-state index in [4.69, 9.17) is 4.98 Å². The molecule has 0 saturated carbocycles. The minimum Gasteiger partial charge on any atom is -0.335 e. The van der Waals surface area contributed by atoms with Crippen LogP contribution in [0.1, 0.15) is 24.5 Å². The first-order valence-corrected chi connectivity index (χ1v) is 13.9. The van der Waals surface area contributed by atoms with Gasteiger partial charge in [0.05, 0.1) is 11.0 Å². The van der Waals surface area contributed by atoms with E-state index in [-0.39, 0.29) is 5.82 Å². The lowest BCUT2D eigenvalue weighted by Gasteiger charge is -2.10. The second-order valence-corrected chi connectivity index (χ2v) is 10.6. The molecular weight excluding hydrogens is 515 g/mol. The largest absolute Gasteiger partial charge is 0.335 e. The molecule has 2 aromatic carbocycles. The van der Waals surface area contributed by atoms with Crippen LogP contribution in [0.4, 0.5) is 4.39 Å². The second-order valence-electron chi connectivity index (χ2n) is 10.6. The molecule has 0 saturated heterocycles. The minimum atomic E-state index is -0.248. The number of aryl methyl sites for hydroxylation is 1. The highest BCUT2D eigenvalue weighted by Crippen LogP contribution is 2.33. The van der Waals surface area contributed by atoms with Crippen LogP contribution in [-0.4, -0.2) is 62.2 Å². The van der Waals surface area contributed by atoms with Crippen LogP contribution in [0, 0.1) is 5.82 Å². The predicted molar refractivity (Wildman–Crippen MR) is 162 cm³/mol. The van der Waals surface area contributed by atoms with Gasteiger partial charge in [0.15, 0.2) is 11.5 Å². The standard InChI is InChI=1S/C32H33FN8/c1-4-34-17-21-13-24(19-35-18-21)22-7-8-28-27(16-22)30(40-39-28)32-37-29-26(9-10-36-31(29)38-32)23-12-20(14-25(33)15-23)6-5-11-41(2)3/h7-10,12-16,18-19,34H,4-6,11,17H2,1-3H3,(H,39,40)(H,36,37,38). The van der Waals surface area contributed by atoms with Crippen molar-refractivity contribution in [1.29, 1.82) is 0 Å². The summed E-state index contributed by atoms with van der Waals surface area (Å²) in [6.07, 6.45) is 7.24. The third-order valence-corrected chi connectivity index (χ3v) is 7.23. The van der Waals surface area contributed by atoms with Gasteiger partial charge in [-0.2, -0.15) is 5.10 Å². The van der Waals surface area contributed by atoms with Gasteiger partial charge in [-0.25, -0.2) is 14.4 Å². The number of imidazole rings is 1. The Morgan fingerprint density at radius 3 is 2.68 bits per heavy atom. The second kappa shape index (κ2) is 11.6. The number of nitrogens with one attached hydrogen (secondary N) is 3. The number of aromatic nitrogens is 6. The Morgan fingerprint density at radius 2 is 1.83 bits per heavy atom. The average molecular weight is 549 g/mol. The lowest BCUT2D eigenvalue weighted by molar-refractivity contribution is 0.400. The number of nitrogens with zero attached hydrogens (tertiary/aromatic N) is 5. The van der Waals surface area contributed by atoms with Crippen molar-refractivity contribution >= 4 is 22.1 Å². The molecule has 9 heteroatoms. The van der Waals surface area contributed by atoms with Crippen LogP contribution in [0.25, 0.3) is 55.8 Å². The molecule has 41 heavy (non-hydrogen) atoms. The third kappa shape index (κ3) is 5.73. The monoisotopic (exact) mass is 548 g/mol. The molecular formula is C32H33FN8. The molecule has 208 valence electrons. The fourth-order valence-corrected chi connectivity index (χ4v) is 5.20. The SMILES string of the molecule is CCNCc1cncc(-c2ccc3[nH]nc(-c4nc5nccc(-c6cc(F)cc(CCCN(C)C)c6)c5[nH]4)c3c2)c1. The van der Waals surface area contributed by atoms with Crippen LogP contribution in [0.3, 0.4) is 0 Å². The fraction of sp³-hybridized carbons (Fsp3) is 0.250. The van der Waals surface area contributed by atoms with E-state index in [2.05, 4.69) is 66.6 Å². The summed E-state index contributed by atoms with van der Waals surface area (Å²) in [4.78, 5) is 19.3. The van der Waals surface area contributed by atoms with Gasteiger partial charge in [0.25, 0.3) is 0 Å². The summed E-state index contributed by atoms with van der Waals surface area (Å²) in [5.41, 5.74) is 8.75. The van der Waals surface area contributed by atoms with Gasteiger partial charge in [0, 0.05) is 41.6 Å². The highest BCUT2D eigenvalue weighted by Gasteiger charge is 2.17. The molecule has 0 radical (unpaired) electrons. The van der Waals surface area contributed by atoms with Gasteiger partial charge in [-0.05, 0) is 98.7 Å². The Balaban J connectivity index is 1.37. The number of benzene rings is 2. The van der Waals surface area contributed by atoms with Crippen molar-refractivity contribution in [2.75, 3.05) is 27.2 Å². The van der Waals surface area contributed by atoms with Crippen molar-refractivity contribution in [3.05, 3.63) is 84.1 Å². The summed E-state index contributed by atoms with van der Waals surface area (Å²) in [6.45, 7) is 4.71. The number of fused-ring (bicyclic) bond motifs is 2. The topological polar surface area (TPSA) is 98.4 Å². The van der Waals surface area contributed by atoms with Crippen LogP contribution < -0.4 is 5.32 Å². The van der Waals surface area contributed by atoms with E-state index in [0.29, 0.717) is 17.2 Å². The van der Waals surface area contributed by atoms with Crippen LogP contribution >= 0.6 is 0 Å². The zero-order valence-electron chi connectivity index (χ0n) is 23.5. The summed E-state index contributed by atoms with van der Waals surface area (Å²) in [7, 11) is 4.09. The quantitative estimate of drug-likeness (QED) is 0.195. The van der Waals surface area contributed by atoms with Gasteiger partial charge in [-0.3, -0.25) is 10.1 Å². The fourth-order valence-electron chi connectivity index (χ4n) is 5.20. The molecule has 0 atom stereocenters.